The van der Waals surface area contributed by atoms with Gasteiger partial charge < -0.3 is 10.3 Å². The summed E-state index contributed by atoms with van der Waals surface area (Å²) in [4.78, 5) is 4.30. The number of nitrogens with two attached hydrogens (primary N) is 1. The van der Waals surface area contributed by atoms with Gasteiger partial charge in [-0.1, -0.05) is 52.1 Å². The maximum Gasteiger partial charge on any atom is 0.260 e. The monoisotopic (exact) mass is 339 g/mol. The van der Waals surface area contributed by atoms with Crippen molar-refractivity contribution in [2.24, 2.45) is 0 Å². The molecule has 21 heavy (non-hydrogen) atoms. The maximum atomic E-state index is 6.00. The van der Waals surface area contributed by atoms with Crippen LogP contribution in [-0.4, -0.2) is 10.1 Å². The molecule has 0 saturated heterocycles. The third kappa shape index (κ3) is 2.83. The number of rotatable bonds is 2. The molecule has 0 aliphatic rings. The summed E-state index contributed by atoms with van der Waals surface area (Å²) in [5.74, 6) is 0.648. The highest BCUT2D eigenvalue weighted by atomic mass is 35.5. The van der Waals surface area contributed by atoms with E-state index in [1.165, 1.54) is 0 Å². The van der Waals surface area contributed by atoms with Gasteiger partial charge >= 0.3 is 0 Å². The summed E-state index contributed by atoms with van der Waals surface area (Å²) in [6.07, 6.45) is 0. The van der Waals surface area contributed by atoms with Crippen LogP contribution in [0.15, 0.2) is 40.9 Å². The van der Waals surface area contributed by atoms with E-state index in [0.717, 1.165) is 5.56 Å². The van der Waals surface area contributed by atoms with Crippen molar-refractivity contribution in [3.05, 3.63) is 51.5 Å². The average molecular weight is 341 g/mol. The van der Waals surface area contributed by atoms with E-state index in [0.29, 0.717) is 32.1 Å². The van der Waals surface area contributed by atoms with Gasteiger partial charge in [-0.3, -0.25) is 0 Å². The van der Waals surface area contributed by atoms with E-state index in [1.54, 1.807) is 30.3 Å². The third-order valence-electron chi connectivity index (χ3n) is 2.83. The average Bonchev–Trinajstić information content (AvgIpc) is 2.92. The molecule has 0 saturated carbocycles. The molecule has 0 atom stereocenters. The van der Waals surface area contributed by atoms with Gasteiger partial charge in [0, 0.05) is 15.6 Å². The highest BCUT2D eigenvalue weighted by Crippen LogP contribution is 2.34. The van der Waals surface area contributed by atoms with Crippen LogP contribution in [-0.2, 0) is 0 Å². The number of anilines is 1. The largest absolute Gasteiger partial charge is 0.397 e. The number of hydrogen-bond donors (Lipinski definition) is 1. The minimum absolute atomic E-state index is 0.242. The van der Waals surface area contributed by atoms with E-state index in [-0.39, 0.29) is 5.89 Å². The molecule has 0 fully saturated rings. The topological polar surface area (TPSA) is 64.9 Å². The molecule has 2 N–H and O–H groups in total. The summed E-state index contributed by atoms with van der Waals surface area (Å²) in [5.41, 5.74) is 7.49. The van der Waals surface area contributed by atoms with E-state index < -0.39 is 0 Å². The van der Waals surface area contributed by atoms with Crippen LogP contribution >= 0.6 is 34.8 Å². The molecule has 0 aliphatic heterocycles. The van der Waals surface area contributed by atoms with E-state index in [9.17, 15) is 0 Å². The molecular weight excluding hydrogens is 333 g/mol. The van der Waals surface area contributed by atoms with Gasteiger partial charge in [0.25, 0.3) is 5.89 Å². The van der Waals surface area contributed by atoms with Gasteiger partial charge in [-0.05, 0) is 24.3 Å². The molecule has 0 unspecified atom stereocenters. The van der Waals surface area contributed by atoms with Crippen LogP contribution in [0, 0.1) is 0 Å². The first kappa shape index (κ1) is 14.2. The number of nitrogen functional groups attached to an aromatic ring is 1. The Kier molecular flexibility index (Phi) is 3.76. The maximum absolute atomic E-state index is 6.00. The van der Waals surface area contributed by atoms with Crippen LogP contribution in [0.25, 0.3) is 22.8 Å². The van der Waals surface area contributed by atoms with Crippen molar-refractivity contribution < 1.29 is 4.52 Å². The Morgan fingerprint density at radius 3 is 2.57 bits per heavy atom. The summed E-state index contributed by atoms with van der Waals surface area (Å²) >= 11 is 17.9. The molecule has 0 radical (unpaired) electrons. The van der Waals surface area contributed by atoms with Crippen molar-refractivity contribution in [3.63, 3.8) is 0 Å². The lowest BCUT2D eigenvalue weighted by molar-refractivity contribution is 0.432. The van der Waals surface area contributed by atoms with Gasteiger partial charge in [0.1, 0.15) is 0 Å². The van der Waals surface area contributed by atoms with Crippen LogP contribution in [0.5, 0.6) is 0 Å². The van der Waals surface area contributed by atoms with Crippen molar-refractivity contribution in [1.29, 1.82) is 0 Å². The van der Waals surface area contributed by atoms with Crippen LogP contribution in [0.3, 0.4) is 0 Å². The van der Waals surface area contributed by atoms with Crippen molar-refractivity contribution in [1.82, 2.24) is 10.1 Å². The van der Waals surface area contributed by atoms with Crippen molar-refractivity contribution in [3.8, 4) is 22.8 Å². The molecule has 0 spiro atoms. The number of nitrogens with zero attached hydrogens (tertiary/aromatic N) is 2. The Morgan fingerprint density at radius 2 is 1.81 bits per heavy atom. The third-order valence-corrected chi connectivity index (χ3v) is 3.60. The summed E-state index contributed by atoms with van der Waals surface area (Å²) in [7, 11) is 0. The lowest BCUT2D eigenvalue weighted by atomic mass is 10.2. The molecule has 106 valence electrons. The van der Waals surface area contributed by atoms with Gasteiger partial charge in [0.2, 0.25) is 5.82 Å². The Hall–Kier alpha value is -1.75. The fourth-order valence-electron chi connectivity index (χ4n) is 1.84. The Morgan fingerprint density at radius 1 is 1.00 bits per heavy atom. The first-order valence-corrected chi connectivity index (χ1v) is 7.02. The van der Waals surface area contributed by atoms with Crippen LogP contribution in [0.1, 0.15) is 0 Å². The molecule has 0 amide bonds. The number of benzene rings is 2. The zero-order valence-electron chi connectivity index (χ0n) is 10.5. The molecular formula is C14H8Cl3N3O. The molecule has 7 heteroatoms. The highest BCUT2D eigenvalue weighted by Gasteiger charge is 2.16. The Labute approximate surface area is 135 Å². The van der Waals surface area contributed by atoms with E-state index >= 15 is 0 Å². The van der Waals surface area contributed by atoms with Gasteiger partial charge in [-0.2, -0.15) is 4.98 Å². The number of aromatic nitrogens is 2. The zero-order chi connectivity index (χ0) is 15.0. The molecule has 0 bridgehead atoms. The summed E-state index contributed by atoms with van der Waals surface area (Å²) in [6.45, 7) is 0. The molecule has 4 nitrogen and oxygen atoms in total. The molecule has 0 aliphatic carbocycles. The fraction of sp³-hybridized carbons (Fsp3) is 0. The molecule has 1 aromatic heterocycles. The highest BCUT2D eigenvalue weighted by molar-refractivity contribution is 6.37. The van der Waals surface area contributed by atoms with E-state index in [2.05, 4.69) is 10.1 Å². The lowest BCUT2D eigenvalue weighted by Gasteiger charge is -2.03. The Bertz CT molecular complexity index is 817. The fourth-order valence-corrected chi connectivity index (χ4v) is 2.52. The van der Waals surface area contributed by atoms with Crippen molar-refractivity contribution in [2.45, 2.75) is 0 Å². The van der Waals surface area contributed by atoms with Crippen LogP contribution < -0.4 is 5.73 Å². The van der Waals surface area contributed by atoms with Crippen molar-refractivity contribution >= 4 is 40.5 Å². The first-order chi connectivity index (χ1) is 10.0. The van der Waals surface area contributed by atoms with Crippen LogP contribution in [0.4, 0.5) is 5.69 Å². The van der Waals surface area contributed by atoms with E-state index in [4.69, 9.17) is 45.1 Å². The summed E-state index contributed by atoms with van der Waals surface area (Å²) in [6, 6.07) is 10.3. The molecule has 2 aromatic carbocycles. The van der Waals surface area contributed by atoms with E-state index in [1.807, 2.05) is 6.07 Å². The second-order valence-electron chi connectivity index (χ2n) is 4.28. The first-order valence-electron chi connectivity index (χ1n) is 5.89. The van der Waals surface area contributed by atoms with Gasteiger partial charge in [0.15, 0.2) is 0 Å². The normalized spacial score (nSPS) is 10.8. The second kappa shape index (κ2) is 5.56. The minimum Gasteiger partial charge on any atom is -0.397 e. The quantitative estimate of drug-likeness (QED) is 0.671. The molecule has 3 rings (SSSR count). The Balaban J connectivity index is 2.07. The SMILES string of the molecule is Nc1c(Cl)cc(Cl)cc1-c1nc(-c2cccc(Cl)c2)no1. The predicted molar refractivity (Wildman–Crippen MR) is 84.6 cm³/mol. The van der Waals surface area contributed by atoms with Crippen molar-refractivity contribution in [2.75, 3.05) is 5.73 Å². The van der Waals surface area contributed by atoms with Gasteiger partial charge in [0.05, 0.1) is 16.3 Å². The van der Waals surface area contributed by atoms with Gasteiger partial charge in [-0.15, -0.1) is 0 Å². The second-order valence-corrected chi connectivity index (χ2v) is 5.56. The molecule has 3 aromatic rings. The summed E-state index contributed by atoms with van der Waals surface area (Å²) in [5, 5.41) is 5.28. The zero-order valence-corrected chi connectivity index (χ0v) is 12.7. The number of halogens is 3. The standard InChI is InChI=1S/C14H8Cl3N3O/c15-8-3-1-2-7(4-8)13-19-14(21-20-13)10-5-9(16)6-11(17)12(10)18/h1-6H,18H2. The van der Waals surface area contributed by atoms with Gasteiger partial charge in [-0.25, -0.2) is 0 Å². The number of hydrogen-bond acceptors (Lipinski definition) is 4. The lowest BCUT2D eigenvalue weighted by Crippen LogP contribution is -1.92. The smallest absolute Gasteiger partial charge is 0.260 e. The van der Waals surface area contributed by atoms with Crippen LogP contribution in [0.2, 0.25) is 15.1 Å². The summed E-state index contributed by atoms with van der Waals surface area (Å²) < 4.78 is 5.23. The minimum atomic E-state index is 0.242. The molecule has 1 heterocycles. The predicted octanol–water partition coefficient (Wildman–Crippen LogP) is 4.95.